The lowest BCUT2D eigenvalue weighted by molar-refractivity contribution is -0.131. The third-order valence-corrected chi connectivity index (χ3v) is 5.41. The number of benzene rings is 1. The molecular weight excluding hydrogens is 356 g/mol. The molecule has 0 unspecified atom stereocenters. The van der Waals surface area contributed by atoms with Gasteiger partial charge in [-0.1, -0.05) is 81.4 Å². The fourth-order valence-corrected chi connectivity index (χ4v) is 3.75. The number of carbonyl (C=O) groups excluding carboxylic acids is 1. The van der Waals surface area contributed by atoms with Gasteiger partial charge in [-0.2, -0.15) is 0 Å². The minimum absolute atomic E-state index is 0.238. The fraction of sp³-hybridized carbons (Fsp3) is 0.500. The van der Waals surface area contributed by atoms with Crippen molar-refractivity contribution < 1.29 is 4.79 Å². The summed E-state index contributed by atoms with van der Waals surface area (Å²) in [5, 5.41) is 0. The summed E-state index contributed by atoms with van der Waals surface area (Å²) >= 11 is 0. The second-order valence-electron chi connectivity index (χ2n) is 8.05. The molecule has 29 heavy (non-hydrogen) atoms. The highest BCUT2D eigenvalue weighted by molar-refractivity contribution is 5.76. The Morgan fingerprint density at radius 3 is 2.55 bits per heavy atom. The zero-order valence-electron chi connectivity index (χ0n) is 18.4. The molecule has 3 heteroatoms. The van der Waals surface area contributed by atoms with Crippen molar-refractivity contribution in [3.8, 4) is 0 Å². The molecule has 0 N–H and O–H groups in total. The lowest BCUT2D eigenvalue weighted by atomic mass is 10.1. The summed E-state index contributed by atoms with van der Waals surface area (Å²) in [5.41, 5.74) is 3.72. The van der Waals surface area contributed by atoms with Crippen LogP contribution < -0.4 is 0 Å². The highest BCUT2D eigenvalue weighted by atomic mass is 16.2. The molecule has 0 saturated heterocycles. The van der Waals surface area contributed by atoms with E-state index in [0.717, 1.165) is 19.4 Å². The Balaban J connectivity index is 1.87. The van der Waals surface area contributed by atoms with Crippen LogP contribution in [0.15, 0.2) is 55.3 Å². The minimum atomic E-state index is 0.238. The lowest BCUT2D eigenvalue weighted by Crippen LogP contribution is -2.31. The van der Waals surface area contributed by atoms with E-state index in [2.05, 4.69) is 67.6 Å². The molecule has 2 aromatic rings. The molecule has 0 radical (unpaired) electrons. The Kier molecular flexibility index (Phi) is 10.3. The quantitative estimate of drug-likeness (QED) is 0.265. The van der Waals surface area contributed by atoms with Gasteiger partial charge in [0.1, 0.15) is 0 Å². The molecule has 0 aliphatic rings. The molecule has 0 aliphatic heterocycles. The predicted molar refractivity (Wildman–Crippen MR) is 123 cm³/mol. The molecule has 1 heterocycles. The number of carbonyl (C=O) groups is 1. The summed E-state index contributed by atoms with van der Waals surface area (Å²) in [6, 6.07) is 12.8. The molecule has 1 aromatic heterocycles. The molecule has 0 saturated carbocycles. The lowest BCUT2D eigenvalue weighted by Gasteiger charge is -2.22. The summed E-state index contributed by atoms with van der Waals surface area (Å²) in [6.07, 6.45) is 13.2. The smallest absolute Gasteiger partial charge is 0.223 e. The van der Waals surface area contributed by atoms with Gasteiger partial charge in [-0.25, -0.2) is 0 Å². The predicted octanol–water partition coefficient (Wildman–Crippen LogP) is 6.50. The Morgan fingerprint density at radius 1 is 1.07 bits per heavy atom. The van der Waals surface area contributed by atoms with Crippen molar-refractivity contribution in [2.45, 2.75) is 78.3 Å². The SMILES string of the molecule is C=CCN(Cc1cccn1Cc1cccc(C)c1)C(=O)CCCCCCCCC. The average molecular weight is 395 g/mol. The van der Waals surface area contributed by atoms with Crippen molar-refractivity contribution in [3.63, 3.8) is 0 Å². The van der Waals surface area contributed by atoms with Gasteiger partial charge >= 0.3 is 0 Å². The first-order chi connectivity index (χ1) is 14.1. The van der Waals surface area contributed by atoms with E-state index < -0.39 is 0 Å². The molecule has 3 nitrogen and oxygen atoms in total. The Hall–Kier alpha value is -2.29. The van der Waals surface area contributed by atoms with Crippen molar-refractivity contribution >= 4 is 5.91 Å². The van der Waals surface area contributed by atoms with Gasteiger partial charge in [0.25, 0.3) is 0 Å². The normalized spacial score (nSPS) is 10.8. The number of nitrogens with zero attached hydrogens (tertiary/aromatic N) is 2. The summed E-state index contributed by atoms with van der Waals surface area (Å²) in [4.78, 5) is 14.7. The van der Waals surface area contributed by atoms with Gasteiger partial charge in [-0.15, -0.1) is 6.58 Å². The monoisotopic (exact) mass is 394 g/mol. The van der Waals surface area contributed by atoms with Crippen LogP contribution in [0.1, 0.15) is 75.1 Å². The second kappa shape index (κ2) is 13.0. The van der Waals surface area contributed by atoms with Crippen LogP contribution in [0.2, 0.25) is 0 Å². The molecule has 1 aromatic carbocycles. The second-order valence-corrected chi connectivity index (χ2v) is 8.05. The number of hydrogen-bond donors (Lipinski definition) is 0. The third-order valence-electron chi connectivity index (χ3n) is 5.41. The number of hydrogen-bond acceptors (Lipinski definition) is 1. The largest absolute Gasteiger partial charge is 0.345 e. The van der Waals surface area contributed by atoms with Gasteiger partial charge in [-0.05, 0) is 31.0 Å². The van der Waals surface area contributed by atoms with Crippen molar-refractivity contribution in [3.05, 3.63) is 72.1 Å². The molecular formula is C26H38N2O. The van der Waals surface area contributed by atoms with Crippen LogP contribution in [0.3, 0.4) is 0 Å². The Labute approximate surface area is 177 Å². The van der Waals surface area contributed by atoms with E-state index in [4.69, 9.17) is 0 Å². The molecule has 2 rings (SSSR count). The third kappa shape index (κ3) is 8.31. The molecule has 0 atom stereocenters. The van der Waals surface area contributed by atoms with Crippen LogP contribution in [0.4, 0.5) is 0 Å². The van der Waals surface area contributed by atoms with Crippen LogP contribution in [0.25, 0.3) is 0 Å². The first kappa shape index (κ1) is 23.0. The van der Waals surface area contributed by atoms with E-state index in [0.29, 0.717) is 19.5 Å². The van der Waals surface area contributed by atoms with Gasteiger partial charge in [0.15, 0.2) is 0 Å². The maximum absolute atomic E-state index is 12.8. The highest BCUT2D eigenvalue weighted by Gasteiger charge is 2.14. The summed E-state index contributed by atoms with van der Waals surface area (Å²) in [7, 11) is 0. The van der Waals surface area contributed by atoms with E-state index in [1.807, 2.05) is 11.0 Å². The summed E-state index contributed by atoms with van der Waals surface area (Å²) in [6.45, 7) is 10.3. The van der Waals surface area contributed by atoms with Crippen molar-refractivity contribution in [1.29, 1.82) is 0 Å². The maximum Gasteiger partial charge on any atom is 0.223 e. The molecule has 0 aliphatic carbocycles. The molecule has 0 spiro atoms. The standard InChI is InChI=1S/C26H38N2O/c1-4-6-7-8-9-10-11-17-26(29)28(18-5-2)22-25-16-13-19-27(25)21-24-15-12-14-23(3)20-24/h5,12-16,19-20H,2,4,6-11,17-18,21-22H2,1,3H3. The maximum atomic E-state index is 12.8. The number of unbranched alkanes of at least 4 members (excludes halogenated alkanes) is 6. The minimum Gasteiger partial charge on any atom is -0.345 e. The Morgan fingerprint density at radius 2 is 1.83 bits per heavy atom. The van der Waals surface area contributed by atoms with E-state index in [9.17, 15) is 4.79 Å². The van der Waals surface area contributed by atoms with Crippen LogP contribution >= 0.6 is 0 Å². The van der Waals surface area contributed by atoms with Gasteiger partial charge in [0.05, 0.1) is 6.54 Å². The molecule has 0 bridgehead atoms. The van der Waals surface area contributed by atoms with Crippen LogP contribution in [0, 0.1) is 6.92 Å². The molecule has 158 valence electrons. The van der Waals surface area contributed by atoms with E-state index in [-0.39, 0.29) is 5.91 Å². The summed E-state index contributed by atoms with van der Waals surface area (Å²) in [5.74, 6) is 0.238. The molecule has 0 fully saturated rings. The van der Waals surface area contributed by atoms with Crippen molar-refractivity contribution in [1.82, 2.24) is 9.47 Å². The number of aryl methyl sites for hydroxylation is 1. The van der Waals surface area contributed by atoms with Crippen molar-refractivity contribution in [2.75, 3.05) is 6.54 Å². The topological polar surface area (TPSA) is 25.2 Å². The first-order valence-electron chi connectivity index (χ1n) is 11.2. The number of rotatable bonds is 14. The Bertz CT molecular complexity index is 747. The van der Waals surface area contributed by atoms with Gasteiger partial charge in [0, 0.05) is 31.4 Å². The van der Waals surface area contributed by atoms with Crippen LogP contribution in [-0.2, 0) is 17.9 Å². The summed E-state index contributed by atoms with van der Waals surface area (Å²) < 4.78 is 2.24. The first-order valence-corrected chi connectivity index (χ1v) is 11.2. The van der Waals surface area contributed by atoms with Crippen LogP contribution in [0.5, 0.6) is 0 Å². The van der Waals surface area contributed by atoms with Gasteiger partial charge < -0.3 is 9.47 Å². The highest BCUT2D eigenvalue weighted by Crippen LogP contribution is 2.14. The van der Waals surface area contributed by atoms with Crippen molar-refractivity contribution in [2.24, 2.45) is 0 Å². The van der Waals surface area contributed by atoms with E-state index in [1.165, 1.54) is 48.9 Å². The number of amides is 1. The van der Waals surface area contributed by atoms with E-state index in [1.54, 1.807) is 0 Å². The zero-order valence-corrected chi connectivity index (χ0v) is 18.4. The fourth-order valence-electron chi connectivity index (χ4n) is 3.75. The molecule has 1 amide bonds. The van der Waals surface area contributed by atoms with E-state index >= 15 is 0 Å². The average Bonchev–Trinajstić information content (AvgIpc) is 3.13. The zero-order chi connectivity index (χ0) is 20.9. The van der Waals surface area contributed by atoms with Gasteiger partial charge in [-0.3, -0.25) is 4.79 Å². The van der Waals surface area contributed by atoms with Gasteiger partial charge in [0.2, 0.25) is 5.91 Å². The number of aromatic nitrogens is 1. The van der Waals surface area contributed by atoms with Crippen LogP contribution in [-0.4, -0.2) is 21.9 Å².